The fourth-order valence-corrected chi connectivity index (χ4v) is 2.71. The van der Waals surface area contributed by atoms with E-state index in [1.807, 2.05) is 25.5 Å². The van der Waals surface area contributed by atoms with Crippen LogP contribution in [0.4, 0.5) is 30.8 Å². The Morgan fingerprint density at radius 2 is 2.04 bits per heavy atom. The zero-order chi connectivity index (χ0) is 17.5. The van der Waals surface area contributed by atoms with Crippen molar-refractivity contribution >= 4 is 17.6 Å². The Hall–Kier alpha value is -2.32. The van der Waals surface area contributed by atoms with E-state index in [1.54, 1.807) is 0 Å². The molecule has 1 aliphatic rings. The van der Waals surface area contributed by atoms with Gasteiger partial charge in [-0.2, -0.15) is 23.3 Å². The molecule has 0 spiro atoms. The molecule has 6 nitrogen and oxygen atoms in total. The molecule has 0 aromatic carbocycles. The Labute approximate surface area is 137 Å². The largest absolute Gasteiger partial charge is 0.421 e. The van der Waals surface area contributed by atoms with Crippen LogP contribution in [0.1, 0.15) is 36.6 Å². The lowest BCUT2D eigenvalue weighted by Gasteiger charge is -2.18. The third-order valence-electron chi connectivity index (χ3n) is 4.14. The first-order valence-corrected chi connectivity index (χ1v) is 7.77. The summed E-state index contributed by atoms with van der Waals surface area (Å²) < 4.78 is 41.3. The maximum Gasteiger partial charge on any atom is 0.421 e. The predicted octanol–water partition coefficient (Wildman–Crippen LogP) is 3.65. The van der Waals surface area contributed by atoms with E-state index in [0.717, 1.165) is 23.9 Å². The molecule has 9 heteroatoms. The molecule has 0 aliphatic carbocycles. The van der Waals surface area contributed by atoms with E-state index in [1.165, 1.54) is 0 Å². The highest BCUT2D eigenvalue weighted by atomic mass is 19.4. The highest BCUT2D eigenvalue weighted by Gasteiger charge is 2.35. The van der Waals surface area contributed by atoms with Crippen LogP contribution in [0.25, 0.3) is 0 Å². The zero-order valence-electron chi connectivity index (χ0n) is 13.7. The molecule has 3 rings (SSSR count). The van der Waals surface area contributed by atoms with Crippen molar-refractivity contribution in [2.75, 3.05) is 10.6 Å². The van der Waals surface area contributed by atoms with Crippen molar-refractivity contribution in [2.24, 2.45) is 0 Å². The first kappa shape index (κ1) is 16.5. The molecule has 130 valence electrons. The molecule has 0 unspecified atom stereocenters. The first-order valence-electron chi connectivity index (χ1n) is 7.77. The number of hydrogen-bond acceptors (Lipinski definition) is 5. The molecule has 2 aromatic heterocycles. The quantitative estimate of drug-likeness (QED) is 0.766. The number of rotatable bonds is 0. The molecule has 1 atom stereocenters. The number of alkyl halides is 3. The van der Waals surface area contributed by atoms with E-state index < -0.39 is 11.7 Å². The zero-order valence-corrected chi connectivity index (χ0v) is 13.7. The monoisotopic (exact) mass is 340 g/mol. The molecule has 0 saturated heterocycles. The molecular formula is C15H19F3N6. The number of anilines is 3. The molecule has 0 amide bonds. The third-order valence-corrected chi connectivity index (χ3v) is 4.14. The topological polar surface area (TPSA) is 67.7 Å². The van der Waals surface area contributed by atoms with E-state index in [4.69, 9.17) is 0 Å². The minimum Gasteiger partial charge on any atom is -0.367 e. The van der Waals surface area contributed by atoms with Gasteiger partial charge in [0.05, 0.1) is 5.69 Å². The predicted molar refractivity (Wildman–Crippen MR) is 84.3 cm³/mol. The molecule has 2 N–H and O–H groups in total. The summed E-state index contributed by atoms with van der Waals surface area (Å²) in [5, 5.41) is 10.3. The van der Waals surface area contributed by atoms with Gasteiger partial charge in [-0.3, -0.25) is 0 Å². The number of halogens is 3. The van der Waals surface area contributed by atoms with Crippen LogP contribution in [-0.2, 0) is 12.7 Å². The molecular weight excluding hydrogens is 321 g/mol. The maximum atomic E-state index is 13.2. The van der Waals surface area contributed by atoms with Gasteiger partial charge in [-0.15, -0.1) is 0 Å². The highest BCUT2D eigenvalue weighted by Crippen LogP contribution is 2.35. The maximum absolute atomic E-state index is 13.2. The summed E-state index contributed by atoms with van der Waals surface area (Å²) in [5.41, 5.74) is 0.939. The summed E-state index contributed by atoms with van der Waals surface area (Å²) in [5.74, 6) is 0.631. The number of aryl methyl sites for hydroxylation is 2. The van der Waals surface area contributed by atoms with Crippen LogP contribution in [0.15, 0.2) is 6.20 Å². The Morgan fingerprint density at radius 1 is 1.29 bits per heavy atom. The summed E-state index contributed by atoms with van der Waals surface area (Å²) in [6.45, 7) is 6.32. The van der Waals surface area contributed by atoms with Crippen molar-refractivity contribution in [1.29, 1.82) is 0 Å². The Balaban J connectivity index is 2.08. The van der Waals surface area contributed by atoms with Crippen molar-refractivity contribution in [3.8, 4) is 0 Å². The van der Waals surface area contributed by atoms with Crippen molar-refractivity contribution < 1.29 is 13.2 Å². The van der Waals surface area contributed by atoms with E-state index >= 15 is 0 Å². The van der Waals surface area contributed by atoms with Crippen molar-refractivity contribution in [1.82, 2.24) is 19.7 Å². The molecule has 2 bridgehead atoms. The second kappa shape index (κ2) is 5.95. The molecule has 24 heavy (non-hydrogen) atoms. The second-order valence-corrected chi connectivity index (χ2v) is 6.05. The van der Waals surface area contributed by atoms with Crippen LogP contribution in [0, 0.1) is 13.8 Å². The summed E-state index contributed by atoms with van der Waals surface area (Å²) in [6, 6.07) is -0.145. The number of fused-ring (bicyclic) bond motifs is 3. The summed E-state index contributed by atoms with van der Waals surface area (Å²) in [7, 11) is 0. The summed E-state index contributed by atoms with van der Waals surface area (Å²) >= 11 is 0. The van der Waals surface area contributed by atoms with Gasteiger partial charge >= 0.3 is 6.18 Å². The SMILES string of the molecule is Cc1nn2c(c1C)Nc1ncc(C(F)(F)F)c(n1)N[C@H](C)CCC2. The smallest absolute Gasteiger partial charge is 0.367 e. The van der Waals surface area contributed by atoms with Crippen LogP contribution in [0.5, 0.6) is 0 Å². The average molecular weight is 340 g/mol. The number of nitrogens with one attached hydrogen (secondary N) is 2. The fraction of sp³-hybridized carbons (Fsp3) is 0.533. The minimum atomic E-state index is -4.50. The molecule has 1 aliphatic heterocycles. The highest BCUT2D eigenvalue weighted by molar-refractivity contribution is 5.58. The van der Waals surface area contributed by atoms with Gasteiger partial charge in [-0.1, -0.05) is 0 Å². The van der Waals surface area contributed by atoms with Crippen molar-refractivity contribution in [3.05, 3.63) is 23.0 Å². The Bertz CT molecular complexity index is 752. The third kappa shape index (κ3) is 3.15. The standard InChI is InChI=1S/C15H19F3N6/c1-8-5-4-6-24-13(9(2)10(3)23-24)22-14-19-7-11(15(16,17)18)12(20-8)21-14/h7-8H,4-6H2,1-3H3,(H2,19,20,21,22)/t8-/m1/s1. The van der Waals surface area contributed by atoms with E-state index in [-0.39, 0.29) is 17.8 Å². The summed E-state index contributed by atoms with van der Waals surface area (Å²) in [6.07, 6.45) is -2.21. The summed E-state index contributed by atoms with van der Waals surface area (Å²) in [4.78, 5) is 7.88. The van der Waals surface area contributed by atoms with Gasteiger partial charge in [0.15, 0.2) is 0 Å². The van der Waals surface area contributed by atoms with E-state index in [2.05, 4.69) is 25.7 Å². The average Bonchev–Trinajstić information content (AvgIpc) is 2.73. The Morgan fingerprint density at radius 3 is 2.75 bits per heavy atom. The molecule has 2 aromatic rings. The van der Waals surface area contributed by atoms with E-state index in [9.17, 15) is 13.2 Å². The van der Waals surface area contributed by atoms with Crippen LogP contribution in [0.3, 0.4) is 0 Å². The fourth-order valence-electron chi connectivity index (χ4n) is 2.71. The van der Waals surface area contributed by atoms with Crippen LogP contribution >= 0.6 is 0 Å². The number of aromatic nitrogens is 4. The lowest BCUT2D eigenvalue weighted by atomic mass is 10.1. The van der Waals surface area contributed by atoms with Gasteiger partial charge in [0.25, 0.3) is 0 Å². The van der Waals surface area contributed by atoms with Crippen LogP contribution in [-0.4, -0.2) is 25.8 Å². The molecule has 0 fully saturated rings. The molecule has 0 radical (unpaired) electrons. The van der Waals surface area contributed by atoms with Gasteiger partial charge in [-0.05, 0) is 33.6 Å². The van der Waals surface area contributed by atoms with Crippen LogP contribution in [0.2, 0.25) is 0 Å². The van der Waals surface area contributed by atoms with Gasteiger partial charge in [-0.25, -0.2) is 9.67 Å². The van der Waals surface area contributed by atoms with E-state index in [0.29, 0.717) is 18.8 Å². The lowest BCUT2D eigenvalue weighted by Crippen LogP contribution is -2.20. The Kier molecular flexibility index (Phi) is 4.10. The molecule has 3 heterocycles. The molecule has 0 saturated carbocycles. The first-order chi connectivity index (χ1) is 11.3. The normalized spacial score (nSPS) is 18.2. The van der Waals surface area contributed by atoms with Gasteiger partial charge in [0.1, 0.15) is 17.2 Å². The van der Waals surface area contributed by atoms with Crippen molar-refractivity contribution in [3.63, 3.8) is 0 Å². The number of nitrogens with zero attached hydrogens (tertiary/aromatic N) is 4. The minimum absolute atomic E-state index is 0.115. The lowest BCUT2D eigenvalue weighted by molar-refractivity contribution is -0.137. The van der Waals surface area contributed by atoms with Gasteiger partial charge in [0.2, 0.25) is 5.95 Å². The second-order valence-electron chi connectivity index (χ2n) is 6.05. The van der Waals surface area contributed by atoms with Gasteiger partial charge in [0, 0.05) is 24.3 Å². The van der Waals surface area contributed by atoms with Crippen molar-refractivity contribution in [2.45, 2.75) is 52.4 Å². The number of hydrogen-bond donors (Lipinski definition) is 2. The van der Waals surface area contributed by atoms with Crippen LogP contribution < -0.4 is 10.6 Å². The van der Waals surface area contributed by atoms with Gasteiger partial charge < -0.3 is 10.6 Å².